The zero-order valence-electron chi connectivity index (χ0n) is 17.6. The predicted octanol–water partition coefficient (Wildman–Crippen LogP) is 9.26. The number of unbranched alkanes of at least 4 members (excludes halogenated alkanes) is 12. The normalized spacial score (nSPS) is 12.9. The summed E-state index contributed by atoms with van der Waals surface area (Å²) in [4.78, 5) is 0. The Labute approximate surface area is 161 Å². The molecule has 0 saturated heterocycles. The standard InChI is InChI=1S/C25H48/c1-4-7-9-11-13-14-15-17-19-21-24-25(22-6-3)23-20-18-16-12-10-8-5-2/h12,16,25H,1-2,4-11,13-15,17-24H2,3H3/b16-12+. The molecule has 0 aliphatic rings. The Hall–Kier alpha value is -0.260. The molecule has 1 atom stereocenters. The lowest BCUT2D eigenvalue weighted by molar-refractivity contribution is 0.385. The van der Waals surface area contributed by atoms with Crippen LogP contribution in [0.2, 0.25) is 0 Å². The van der Waals surface area contributed by atoms with Gasteiger partial charge < -0.3 is 0 Å². The topological polar surface area (TPSA) is 0 Å². The van der Waals surface area contributed by atoms with Gasteiger partial charge in [-0.25, -0.2) is 0 Å². The third kappa shape index (κ3) is 19.9. The Morgan fingerprint density at radius 2 is 1.04 bits per heavy atom. The summed E-state index contributed by atoms with van der Waals surface area (Å²) >= 11 is 0. The van der Waals surface area contributed by atoms with Gasteiger partial charge in [0.2, 0.25) is 0 Å². The molecule has 148 valence electrons. The van der Waals surface area contributed by atoms with E-state index in [0.29, 0.717) is 0 Å². The van der Waals surface area contributed by atoms with E-state index in [1.54, 1.807) is 0 Å². The number of rotatable bonds is 20. The summed E-state index contributed by atoms with van der Waals surface area (Å²) in [5, 5.41) is 0. The lowest BCUT2D eigenvalue weighted by Crippen LogP contribution is -2.00. The van der Waals surface area contributed by atoms with Crippen LogP contribution in [0.15, 0.2) is 12.2 Å². The Balaban J connectivity index is 3.48. The van der Waals surface area contributed by atoms with Crippen LogP contribution in [0.5, 0.6) is 0 Å². The molecule has 1 unspecified atom stereocenters. The summed E-state index contributed by atoms with van der Waals surface area (Å²) in [5.41, 5.74) is 0. The van der Waals surface area contributed by atoms with Crippen LogP contribution in [0.1, 0.15) is 129 Å². The minimum Gasteiger partial charge on any atom is -0.0885 e. The molecule has 0 aliphatic heterocycles. The van der Waals surface area contributed by atoms with Gasteiger partial charge in [0, 0.05) is 0 Å². The minimum absolute atomic E-state index is 0.987. The van der Waals surface area contributed by atoms with Crippen molar-refractivity contribution in [3.63, 3.8) is 0 Å². The van der Waals surface area contributed by atoms with Crippen molar-refractivity contribution in [3.05, 3.63) is 26.0 Å². The van der Waals surface area contributed by atoms with Crippen molar-refractivity contribution in [2.75, 3.05) is 0 Å². The quantitative estimate of drug-likeness (QED) is 0.152. The number of hydrogen-bond donors (Lipinski definition) is 0. The molecule has 0 aromatic rings. The fourth-order valence-electron chi connectivity index (χ4n) is 3.71. The third-order valence-corrected chi connectivity index (χ3v) is 5.33. The number of hydrogen-bond acceptors (Lipinski definition) is 0. The van der Waals surface area contributed by atoms with E-state index in [-0.39, 0.29) is 0 Å². The average Bonchev–Trinajstić information content (AvgIpc) is 2.62. The van der Waals surface area contributed by atoms with Crippen LogP contribution in [0.3, 0.4) is 0 Å². The molecule has 0 aromatic heterocycles. The van der Waals surface area contributed by atoms with Gasteiger partial charge in [-0.1, -0.05) is 129 Å². The van der Waals surface area contributed by atoms with Crippen LogP contribution >= 0.6 is 0 Å². The minimum atomic E-state index is 0.987. The highest BCUT2D eigenvalue weighted by atomic mass is 14.1. The summed E-state index contributed by atoms with van der Waals surface area (Å²) in [5.74, 6) is 0.987. The average molecular weight is 349 g/mol. The second-order valence-electron chi connectivity index (χ2n) is 7.88. The van der Waals surface area contributed by atoms with E-state index < -0.39 is 0 Å². The maximum absolute atomic E-state index is 3.91. The molecule has 0 heteroatoms. The smallest absolute Gasteiger partial charge is 0.0351 e. The molecule has 0 rings (SSSR count). The van der Waals surface area contributed by atoms with Crippen LogP contribution in [0.25, 0.3) is 0 Å². The first kappa shape index (κ1) is 24.7. The summed E-state index contributed by atoms with van der Waals surface area (Å²) in [6.07, 6.45) is 30.7. The zero-order valence-corrected chi connectivity index (χ0v) is 17.6. The van der Waals surface area contributed by atoms with Gasteiger partial charge in [-0.3, -0.25) is 0 Å². The maximum atomic E-state index is 3.91. The summed E-state index contributed by atoms with van der Waals surface area (Å²) < 4.78 is 0. The maximum Gasteiger partial charge on any atom is -0.0351 e. The van der Waals surface area contributed by atoms with Gasteiger partial charge in [0.05, 0.1) is 0 Å². The van der Waals surface area contributed by atoms with Crippen molar-refractivity contribution in [1.82, 2.24) is 0 Å². The van der Waals surface area contributed by atoms with Crippen molar-refractivity contribution in [1.29, 1.82) is 0 Å². The van der Waals surface area contributed by atoms with Crippen molar-refractivity contribution in [2.45, 2.75) is 129 Å². The van der Waals surface area contributed by atoms with Gasteiger partial charge in [-0.15, -0.1) is 0 Å². The fourth-order valence-corrected chi connectivity index (χ4v) is 3.71. The van der Waals surface area contributed by atoms with Crippen LogP contribution < -0.4 is 0 Å². The van der Waals surface area contributed by atoms with Crippen LogP contribution in [-0.4, -0.2) is 0 Å². The summed E-state index contributed by atoms with van der Waals surface area (Å²) in [6, 6.07) is 0. The molecule has 0 fully saturated rings. The van der Waals surface area contributed by atoms with Crippen molar-refractivity contribution in [3.8, 4) is 0 Å². The lowest BCUT2D eigenvalue weighted by atomic mass is 9.91. The molecule has 0 N–H and O–H groups in total. The monoisotopic (exact) mass is 348 g/mol. The zero-order chi connectivity index (χ0) is 18.4. The Morgan fingerprint density at radius 3 is 1.60 bits per heavy atom. The molecule has 0 heterocycles. The number of allylic oxidation sites excluding steroid dienone is 2. The van der Waals surface area contributed by atoms with Gasteiger partial charge in [-0.2, -0.15) is 0 Å². The second-order valence-corrected chi connectivity index (χ2v) is 7.88. The van der Waals surface area contributed by atoms with Crippen molar-refractivity contribution >= 4 is 0 Å². The lowest BCUT2D eigenvalue weighted by Gasteiger charge is -2.15. The molecule has 2 radical (unpaired) electrons. The highest BCUT2D eigenvalue weighted by Gasteiger charge is 2.06. The van der Waals surface area contributed by atoms with Gasteiger partial charge in [-0.05, 0) is 31.6 Å². The van der Waals surface area contributed by atoms with Gasteiger partial charge in [0.15, 0.2) is 0 Å². The van der Waals surface area contributed by atoms with Crippen molar-refractivity contribution < 1.29 is 0 Å². The van der Waals surface area contributed by atoms with Crippen LogP contribution in [0, 0.1) is 19.8 Å². The Bertz CT molecular complexity index is 253. The van der Waals surface area contributed by atoms with E-state index in [4.69, 9.17) is 0 Å². The molecule has 0 aromatic carbocycles. The van der Waals surface area contributed by atoms with Gasteiger partial charge in [0.25, 0.3) is 0 Å². The van der Waals surface area contributed by atoms with E-state index in [9.17, 15) is 0 Å². The Morgan fingerprint density at radius 1 is 0.560 bits per heavy atom. The van der Waals surface area contributed by atoms with Gasteiger partial charge >= 0.3 is 0 Å². The SMILES string of the molecule is [CH2]CCC/C=C/CCCC(CCC)CCCCCCCCCCC[CH2]. The first-order chi connectivity index (χ1) is 12.3. The third-order valence-electron chi connectivity index (χ3n) is 5.33. The highest BCUT2D eigenvalue weighted by molar-refractivity contribution is 4.81. The Kier molecular flexibility index (Phi) is 21.6. The van der Waals surface area contributed by atoms with Gasteiger partial charge in [0.1, 0.15) is 0 Å². The molecular weight excluding hydrogens is 300 g/mol. The highest BCUT2D eigenvalue weighted by Crippen LogP contribution is 2.22. The largest absolute Gasteiger partial charge is 0.0885 e. The first-order valence-electron chi connectivity index (χ1n) is 11.6. The second kappa shape index (κ2) is 21.8. The first-order valence-corrected chi connectivity index (χ1v) is 11.6. The summed E-state index contributed by atoms with van der Waals surface area (Å²) in [7, 11) is 0. The fraction of sp³-hybridized carbons (Fsp3) is 0.840. The van der Waals surface area contributed by atoms with E-state index in [0.717, 1.165) is 18.8 Å². The van der Waals surface area contributed by atoms with Crippen molar-refractivity contribution in [2.24, 2.45) is 5.92 Å². The van der Waals surface area contributed by atoms with Crippen LogP contribution in [0.4, 0.5) is 0 Å². The molecule has 0 saturated carbocycles. The molecule has 0 aliphatic carbocycles. The molecular formula is C25H48. The molecule has 0 bridgehead atoms. The molecule has 0 nitrogen and oxygen atoms in total. The molecule has 0 amide bonds. The molecule has 0 spiro atoms. The van der Waals surface area contributed by atoms with E-state index in [2.05, 4.69) is 32.9 Å². The van der Waals surface area contributed by atoms with E-state index >= 15 is 0 Å². The predicted molar refractivity (Wildman–Crippen MR) is 117 cm³/mol. The molecule has 25 heavy (non-hydrogen) atoms. The van der Waals surface area contributed by atoms with E-state index in [1.165, 1.54) is 109 Å². The summed E-state index contributed by atoms with van der Waals surface area (Å²) in [6.45, 7) is 10.2. The van der Waals surface area contributed by atoms with Crippen LogP contribution in [-0.2, 0) is 0 Å². The van der Waals surface area contributed by atoms with E-state index in [1.807, 2.05) is 0 Å².